The lowest BCUT2D eigenvalue weighted by Gasteiger charge is -2.05. The van der Waals surface area contributed by atoms with Crippen LogP contribution < -0.4 is 10.6 Å². The molecule has 2 rings (SSSR count). The summed E-state index contributed by atoms with van der Waals surface area (Å²) in [4.78, 5) is 22.8. The van der Waals surface area contributed by atoms with Crippen LogP contribution in [-0.2, 0) is 9.59 Å². The SMILES string of the molecule is CC(=O)Nc1ccc(NC(=O)/C=C/c2ccc(C)c(Cl)c2)cc1. The van der Waals surface area contributed by atoms with Crippen molar-refractivity contribution in [3.63, 3.8) is 0 Å². The molecule has 23 heavy (non-hydrogen) atoms. The first-order chi connectivity index (χ1) is 10.9. The van der Waals surface area contributed by atoms with Crippen LogP contribution in [0.5, 0.6) is 0 Å². The molecule has 2 amide bonds. The standard InChI is InChI=1S/C18H17ClN2O2/c1-12-3-4-14(11-17(12)19)5-10-18(23)21-16-8-6-15(7-9-16)20-13(2)22/h3-11H,1-2H3,(H,20,22)(H,21,23)/b10-5+. The van der Waals surface area contributed by atoms with Crippen LogP contribution in [0.2, 0.25) is 5.02 Å². The number of halogens is 1. The van der Waals surface area contributed by atoms with Gasteiger partial charge >= 0.3 is 0 Å². The topological polar surface area (TPSA) is 58.2 Å². The fourth-order valence-corrected chi connectivity index (χ4v) is 2.10. The van der Waals surface area contributed by atoms with Crippen LogP contribution in [0.3, 0.4) is 0 Å². The van der Waals surface area contributed by atoms with Crippen molar-refractivity contribution in [2.45, 2.75) is 13.8 Å². The molecule has 0 saturated carbocycles. The molecule has 118 valence electrons. The third-order valence-electron chi connectivity index (χ3n) is 3.10. The largest absolute Gasteiger partial charge is 0.326 e. The lowest BCUT2D eigenvalue weighted by atomic mass is 10.1. The van der Waals surface area contributed by atoms with Crippen LogP contribution in [0.25, 0.3) is 6.08 Å². The molecular formula is C18H17ClN2O2. The number of anilines is 2. The second kappa shape index (κ2) is 7.61. The predicted molar refractivity (Wildman–Crippen MR) is 94.6 cm³/mol. The average molecular weight is 329 g/mol. The van der Waals surface area contributed by atoms with E-state index in [1.54, 1.807) is 30.3 Å². The van der Waals surface area contributed by atoms with Gasteiger partial charge in [0.2, 0.25) is 11.8 Å². The molecule has 0 aliphatic heterocycles. The first-order valence-corrected chi connectivity index (χ1v) is 7.45. The quantitative estimate of drug-likeness (QED) is 0.824. The summed E-state index contributed by atoms with van der Waals surface area (Å²) in [6, 6.07) is 12.5. The Kier molecular flexibility index (Phi) is 5.55. The molecule has 0 radical (unpaired) electrons. The van der Waals surface area contributed by atoms with Gasteiger partial charge in [0.1, 0.15) is 0 Å². The molecule has 0 spiro atoms. The fraction of sp³-hybridized carbons (Fsp3) is 0.111. The van der Waals surface area contributed by atoms with Gasteiger partial charge < -0.3 is 10.6 Å². The zero-order chi connectivity index (χ0) is 16.8. The highest BCUT2D eigenvalue weighted by molar-refractivity contribution is 6.31. The van der Waals surface area contributed by atoms with Crippen molar-refractivity contribution in [1.29, 1.82) is 0 Å². The molecule has 0 unspecified atom stereocenters. The van der Waals surface area contributed by atoms with Gasteiger partial charge in [0.25, 0.3) is 0 Å². The highest BCUT2D eigenvalue weighted by atomic mass is 35.5. The average Bonchev–Trinajstić information content (AvgIpc) is 2.50. The molecule has 0 bridgehead atoms. The number of rotatable bonds is 4. The van der Waals surface area contributed by atoms with Gasteiger partial charge in [-0.1, -0.05) is 23.7 Å². The maximum absolute atomic E-state index is 11.9. The fourth-order valence-electron chi connectivity index (χ4n) is 1.91. The number of hydrogen-bond donors (Lipinski definition) is 2. The number of carbonyl (C=O) groups excluding carboxylic acids is 2. The lowest BCUT2D eigenvalue weighted by molar-refractivity contribution is -0.114. The molecular weight excluding hydrogens is 312 g/mol. The van der Waals surface area contributed by atoms with Crippen LogP contribution in [0, 0.1) is 6.92 Å². The van der Waals surface area contributed by atoms with Crippen LogP contribution in [-0.4, -0.2) is 11.8 Å². The van der Waals surface area contributed by atoms with E-state index in [0.29, 0.717) is 16.4 Å². The Balaban J connectivity index is 1.97. The van der Waals surface area contributed by atoms with Crippen molar-refractivity contribution in [3.05, 3.63) is 64.7 Å². The normalized spacial score (nSPS) is 10.6. The van der Waals surface area contributed by atoms with Crippen molar-refractivity contribution in [3.8, 4) is 0 Å². The minimum atomic E-state index is -0.242. The van der Waals surface area contributed by atoms with Gasteiger partial charge in [-0.15, -0.1) is 0 Å². The summed E-state index contributed by atoms with van der Waals surface area (Å²) >= 11 is 6.05. The van der Waals surface area contributed by atoms with Crippen LogP contribution in [0.1, 0.15) is 18.1 Å². The maximum Gasteiger partial charge on any atom is 0.248 e. The van der Waals surface area contributed by atoms with E-state index in [4.69, 9.17) is 11.6 Å². The highest BCUT2D eigenvalue weighted by Gasteiger charge is 2.00. The summed E-state index contributed by atoms with van der Waals surface area (Å²) in [7, 11) is 0. The van der Waals surface area contributed by atoms with Crippen molar-refractivity contribution in [2.75, 3.05) is 10.6 Å². The van der Waals surface area contributed by atoms with Gasteiger partial charge in [-0.05, 0) is 54.5 Å². The van der Waals surface area contributed by atoms with Crippen molar-refractivity contribution in [1.82, 2.24) is 0 Å². The van der Waals surface area contributed by atoms with Crippen molar-refractivity contribution < 1.29 is 9.59 Å². The second-order valence-electron chi connectivity index (χ2n) is 5.09. The first-order valence-electron chi connectivity index (χ1n) is 7.07. The molecule has 0 aliphatic carbocycles. The maximum atomic E-state index is 11.9. The Morgan fingerprint density at radius 1 is 1.00 bits per heavy atom. The number of nitrogens with one attached hydrogen (secondary N) is 2. The van der Waals surface area contributed by atoms with Gasteiger partial charge in [0, 0.05) is 29.4 Å². The molecule has 0 atom stereocenters. The summed E-state index contributed by atoms with van der Waals surface area (Å²) in [6.45, 7) is 3.37. The van der Waals surface area contributed by atoms with Crippen LogP contribution >= 0.6 is 11.6 Å². The summed E-state index contributed by atoms with van der Waals surface area (Å²) in [5.74, 6) is -0.379. The Labute approximate surface area is 140 Å². The smallest absolute Gasteiger partial charge is 0.248 e. The van der Waals surface area contributed by atoms with Gasteiger partial charge in [-0.25, -0.2) is 0 Å². The molecule has 0 aromatic heterocycles. The molecule has 4 nitrogen and oxygen atoms in total. The Bertz CT molecular complexity index is 752. The third kappa shape index (κ3) is 5.27. The zero-order valence-electron chi connectivity index (χ0n) is 12.9. The first kappa shape index (κ1) is 16.8. The zero-order valence-corrected chi connectivity index (χ0v) is 13.6. The van der Waals surface area contributed by atoms with E-state index in [9.17, 15) is 9.59 Å². The van der Waals surface area contributed by atoms with E-state index >= 15 is 0 Å². The molecule has 0 saturated heterocycles. The van der Waals surface area contributed by atoms with E-state index in [0.717, 1.165) is 11.1 Å². The van der Waals surface area contributed by atoms with Crippen molar-refractivity contribution in [2.24, 2.45) is 0 Å². The Morgan fingerprint density at radius 3 is 2.17 bits per heavy atom. The summed E-state index contributed by atoms with van der Waals surface area (Å²) < 4.78 is 0. The third-order valence-corrected chi connectivity index (χ3v) is 3.50. The van der Waals surface area contributed by atoms with Crippen LogP contribution in [0.4, 0.5) is 11.4 Å². The molecule has 0 aliphatic rings. The molecule has 2 aromatic rings. The monoisotopic (exact) mass is 328 g/mol. The van der Waals surface area contributed by atoms with Gasteiger partial charge in [0.05, 0.1) is 0 Å². The van der Waals surface area contributed by atoms with E-state index < -0.39 is 0 Å². The Morgan fingerprint density at radius 2 is 1.61 bits per heavy atom. The molecule has 0 heterocycles. The Hall–Kier alpha value is -2.59. The minimum Gasteiger partial charge on any atom is -0.326 e. The molecule has 5 heteroatoms. The molecule has 2 N–H and O–H groups in total. The minimum absolute atomic E-state index is 0.138. The van der Waals surface area contributed by atoms with E-state index in [1.165, 1.54) is 13.0 Å². The predicted octanol–water partition coefficient (Wildman–Crippen LogP) is 4.26. The van der Waals surface area contributed by atoms with E-state index in [1.807, 2.05) is 25.1 Å². The van der Waals surface area contributed by atoms with Gasteiger partial charge in [-0.2, -0.15) is 0 Å². The second-order valence-corrected chi connectivity index (χ2v) is 5.50. The number of benzene rings is 2. The molecule has 0 fully saturated rings. The molecule has 2 aromatic carbocycles. The van der Waals surface area contributed by atoms with Crippen LogP contribution in [0.15, 0.2) is 48.5 Å². The highest BCUT2D eigenvalue weighted by Crippen LogP contribution is 2.18. The summed E-state index contributed by atoms with van der Waals surface area (Å²) in [6.07, 6.45) is 3.15. The number of carbonyl (C=O) groups is 2. The summed E-state index contributed by atoms with van der Waals surface area (Å²) in [5.41, 5.74) is 3.18. The number of aryl methyl sites for hydroxylation is 1. The lowest BCUT2D eigenvalue weighted by Crippen LogP contribution is -2.08. The number of amides is 2. The van der Waals surface area contributed by atoms with E-state index in [2.05, 4.69) is 10.6 Å². The summed E-state index contributed by atoms with van der Waals surface area (Å²) in [5, 5.41) is 6.08. The van der Waals surface area contributed by atoms with Crippen molar-refractivity contribution >= 4 is 40.9 Å². The number of hydrogen-bond acceptors (Lipinski definition) is 2. The van der Waals surface area contributed by atoms with Gasteiger partial charge in [-0.3, -0.25) is 9.59 Å². The van der Waals surface area contributed by atoms with Gasteiger partial charge in [0.15, 0.2) is 0 Å². The van der Waals surface area contributed by atoms with E-state index in [-0.39, 0.29) is 11.8 Å².